The molecule has 0 amide bonds. The molecular weight excluding hydrogens is 625 g/mol. The fourth-order valence-electron chi connectivity index (χ4n) is 7.41. The van der Waals surface area contributed by atoms with Crippen LogP contribution in [-0.2, 0) is 0 Å². The highest BCUT2D eigenvalue weighted by molar-refractivity contribution is 7.23. The van der Waals surface area contributed by atoms with Crippen LogP contribution in [0.4, 0.5) is 22.1 Å². The Morgan fingerprint density at radius 1 is 0.500 bits per heavy atom. The topological polar surface area (TPSA) is 29.3 Å². The second-order valence-electron chi connectivity index (χ2n) is 12.7. The lowest BCUT2D eigenvalue weighted by Crippen LogP contribution is -2.10. The summed E-state index contributed by atoms with van der Waals surface area (Å²) in [6.45, 7) is 2.04. The van der Waals surface area contributed by atoms with E-state index in [0.717, 1.165) is 27.6 Å². The maximum Gasteiger partial charge on any atom is 0.0943 e. The molecule has 1 aromatic heterocycles. The first kappa shape index (κ1) is 29.9. The quantitative estimate of drug-likeness (QED) is 0.180. The molecule has 0 saturated heterocycles. The molecule has 0 radical (unpaired) electrons. The number of nitrogen functional groups attached to an aromatic ring is 1. The van der Waals surface area contributed by atoms with Crippen molar-refractivity contribution < 1.29 is 0 Å². The molecule has 2 N–H and O–H groups in total. The van der Waals surface area contributed by atoms with Gasteiger partial charge < -0.3 is 10.6 Å². The Labute approximate surface area is 296 Å². The van der Waals surface area contributed by atoms with Gasteiger partial charge in [0.2, 0.25) is 0 Å². The van der Waals surface area contributed by atoms with Crippen LogP contribution in [0.5, 0.6) is 0 Å². The average Bonchev–Trinajstić information content (AvgIpc) is 3.50. The number of benzene rings is 8. The molecule has 8 aromatic carbocycles. The molecule has 0 saturated carbocycles. The molecular formula is C47H34N2S. The molecule has 50 heavy (non-hydrogen) atoms. The highest BCUT2D eigenvalue weighted by Crippen LogP contribution is 2.46. The molecule has 238 valence electrons. The molecule has 0 bridgehead atoms. The first-order valence-electron chi connectivity index (χ1n) is 17.0. The van der Waals surface area contributed by atoms with Crippen LogP contribution in [0, 0.1) is 0 Å². The molecule has 0 spiro atoms. The number of hydrogen-bond acceptors (Lipinski definition) is 3. The molecule has 2 nitrogen and oxygen atoms in total. The predicted octanol–water partition coefficient (Wildman–Crippen LogP) is 13.8. The van der Waals surface area contributed by atoms with Gasteiger partial charge in [-0.2, -0.15) is 0 Å². The van der Waals surface area contributed by atoms with Gasteiger partial charge in [-0.1, -0.05) is 140 Å². The van der Waals surface area contributed by atoms with Gasteiger partial charge in [0.1, 0.15) is 0 Å². The Hall–Kier alpha value is -6.16. The fraction of sp³-hybridized carbons (Fsp3) is 0.0213. The minimum atomic E-state index is 0.830. The van der Waals surface area contributed by atoms with E-state index in [-0.39, 0.29) is 0 Å². The number of thiophene rings is 1. The Balaban J connectivity index is 1.21. The standard InChI is InChI=1S/C47H34N2S/c1-2-11-42-41-18-10-19-45(46(41)50-47(42)48)49(35-25-20-32(21-26-35)31-12-4-3-5-13-31)36-27-22-34(23-28-36)43-30-44-37-15-7-6-14-33(37)24-29-40(44)38-16-8-9-17-39(38)43/h2-30H,48H2,1H3/b11-2-. The lowest BCUT2D eigenvalue weighted by atomic mass is 9.91. The molecule has 0 unspecified atom stereocenters. The summed E-state index contributed by atoms with van der Waals surface area (Å²) in [7, 11) is 0. The van der Waals surface area contributed by atoms with Crippen LogP contribution in [0.25, 0.3) is 70.7 Å². The second kappa shape index (κ2) is 12.4. The van der Waals surface area contributed by atoms with Gasteiger partial charge in [0, 0.05) is 22.3 Å². The van der Waals surface area contributed by atoms with Crippen LogP contribution in [0.15, 0.2) is 170 Å². The number of anilines is 4. The summed E-state index contributed by atoms with van der Waals surface area (Å²) in [6.07, 6.45) is 4.17. The van der Waals surface area contributed by atoms with E-state index in [9.17, 15) is 0 Å². The van der Waals surface area contributed by atoms with Gasteiger partial charge in [0.05, 0.1) is 15.4 Å². The summed E-state index contributed by atoms with van der Waals surface area (Å²) < 4.78 is 1.17. The highest BCUT2D eigenvalue weighted by atomic mass is 32.1. The Morgan fingerprint density at radius 3 is 1.84 bits per heavy atom. The van der Waals surface area contributed by atoms with Crippen LogP contribution in [-0.4, -0.2) is 0 Å². The minimum Gasteiger partial charge on any atom is -0.390 e. The average molecular weight is 659 g/mol. The van der Waals surface area contributed by atoms with Crippen molar-refractivity contribution in [2.24, 2.45) is 0 Å². The fourth-order valence-corrected chi connectivity index (χ4v) is 8.47. The lowest BCUT2D eigenvalue weighted by molar-refractivity contribution is 1.30. The smallest absolute Gasteiger partial charge is 0.0943 e. The van der Waals surface area contributed by atoms with Crippen LogP contribution in [0.1, 0.15) is 12.5 Å². The van der Waals surface area contributed by atoms with E-state index in [1.54, 1.807) is 11.3 Å². The molecule has 0 aliphatic heterocycles. The van der Waals surface area contributed by atoms with Crippen LogP contribution < -0.4 is 10.6 Å². The van der Waals surface area contributed by atoms with Crippen molar-refractivity contribution in [3.05, 3.63) is 175 Å². The zero-order chi connectivity index (χ0) is 33.6. The van der Waals surface area contributed by atoms with Crippen molar-refractivity contribution in [2.75, 3.05) is 10.6 Å². The number of nitrogens with two attached hydrogens (primary N) is 1. The molecule has 0 fully saturated rings. The third-order valence-electron chi connectivity index (χ3n) is 9.77. The van der Waals surface area contributed by atoms with Gasteiger partial charge in [0.15, 0.2) is 0 Å². The van der Waals surface area contributed by atoms with Crippen molar-refractivity contribution in [2.45, 2.75) is 6.92 Å². The van der Waals surface area contributed by atoms with E-state index < -0.39 is 0 Å². The number of allylic oxidation sites excluding steroid dienone is 1. The van der Waals surface area contributed by atoms with E-state index in [4.69, 9.17) is 5.73 Å². The molecule has 1 heterocycles. The molecule has 0 aliphatic rings. The van der Waals surface area contributed by atoms with E-state index in [1.165, 1.54) is 64.7 Å². The van der Waals surface area contributed by atoms with E-state index in [0.29, 0.717) is 0 Å². The number of rotatable bonds is 6. The van der Waals surface area contributed by atoms with E-state index in [1.807, 2.05) is 6.92 Å². The monoisotopic (exact) mass is 658 g/mol. The molecule has 9 rings (SSSR count). The van der Waals surface area contributed by atoms with Gasteiger partial charge >= 0.3 is 0 Å². The summed E-state index contributed by atoms with van der Waals surface area (Å²) >= 11 is 1.65. The van der Waals surface area contributed by atoms with Gasteiger partial charge in [-0.3, -0.25) is 0 Å². The zero-order valence-corrected chi connectivity index (χ0v) is 28.5. The summed E-state index contributed by atoms with van der Waals surface area (Å²) in [4.78, 5) is 2.36. The Kier molecular flexibility index (Phi) is 7.41. The maximum atomic E-state index is 6.62. The largest absolute Gasteiger partial charge is 0.390 e. The second-order valence-corrected chi connectivity index (χ2v) is 13.7. The predicted molar refractivity (Wildman–Crippen MR) is 219 cm³/mol. The Bertz CT molecular complexity index is 2700. The van der Waals surface area contributed by atoms with Crippen LogP contribution in [0.2, 0.25) is 0 Å². The van der Waals surface area contributed by atoms with Gasteiger partial charge in [-0.05, 0) is 97.9 Å². The van der Waals surface area contributed by atoms with Crippen LogP contribution >= 0.6 is 11.3 Å². The van der Waals surface area contributed by atoms with Crippen molar-refractivity contribution in [3.8, 4) is 22.3 Å². The third kappa shape index (κ3) is 5.03. The minimum absolute atomic E-state index is 0.830. The summed E-state index contributed by atoms with van der Waals surface area (Å²) in [5.74, 6) is 0. The Morgan fingerprint density at radius 2 is 1.10 bits per heavy atom. The number of nitrogens with zero attached hydrogens (tertiary/aromatic N) is 1. The first-order chi connectivity index (χ1) is 24.7. The molecule has 0 aliphatic carbocycles. The summed E-state index contributed by atoms with van der Waals surface area (Å²) in [5, 5.41) is 9.62. The lowest BCUT2D eigenvalue weighted by Gasteiger charge is -2.26. The summed E-state index contributed by atoms with van der Waals surface area (Å²) in [5.41, 5.74) is 15.8. The molecule has 3 heteroatoms. The summed E-state index contributed by atoms with van der Waals surface area (Å²) in [6, 6.07) is 59.3. The van der Waals surface area contributed by atoms with Crippen molar-refractivity contribution in [1.82, 2.24) is 0 Å². The van der Waals surface area contributed by atoms with Crippen molar-refractivity contribution >= 4 is 81.9 Å². The first-order valence-corrected chi connectivity index (χ1v) is 17.8. The van der Waals surface area contributed by atoms with Gasteiger partial charge in [0.25, 0.3) is 0 Å². The maximum absolute atomic E-state index is 6.62. The van der Waals surface area contributed by atoms with Crippen LogP contribution in [0.3, 0.4) is 0 Å². The number of hydrogen-bond donors (Lipinski definition) is 1. The van der Waals surface area contributed by atoms with Crippen molar-refractivity contribution in [1.29, 1.82) is 0 Å². The third-order valence-corrected chi connectivity index (χ3v) is 10.8. The van der Waals surface area contributed by atoms with E-state index >= 15 is 0 Å². The highest BCUT2D eigenvalue weighted by Gasteiger charge is 2.20. The van der Waals surface area contributed by atoms with E-state index in [2.05, 4.69) is 181 Å². The van der Waals surface area contributed by atoms with Gasteiger partial charge in [-0.15, -0.1) is 11.3 Å². The zero-order valence-electron chi connectivity index (χ0n) is 27.7. The molecule has 0 atom stereocenters. The number of fused-ring (bicyclic) bond motifs is 6. The van der Waals surface area contributed by atoms with Gasteiger partial charge in [-0.25, -0.2) is 0 Å². The SMILES string of the molecule is C/C=C\c1c(N)sc2c(N(c3ccc(-c4ccccc4)cc3)c3ccc(-c4cc5c6ccccc6ccc5c5ccccc45)cc3)cccc12. The van der Waals surface area contributed by atoms with Crippen molar-refractivity contribution in [3.63, 3.8) is 0 Å². The normalized spacial score (nSPS) is 11.7. The molecule has 9 aromatic rings.